The van der Waals surface area contributed by atoms with Gasteiger partial charge in [0.05, 0.1) is 8.07 Å². The first kappa shape index (κ1) is 14.9. The van der Waals surface area contributed by atoms with E-state index in [4.69, 9.17) is 4.43 Å². The Morgan fingerprint density at radius 1 is 1.05 bits per heavy atom. The Hall–Kier alpha value is -0.546. The molecule has 0 spiro atoms. The van der Waals surface area contributed by atoms with Crippen molar-refractivity contribution in [2.45, 2.75) is 64.0 Å². The van der Waals surface area contributed by atoms with Gasteiger partial charge in [-0.3, -0.25) is 0 Å². The SMILES string of the molecule is CC(C)(C)[Si](C)(C)Oc1ccc([Si]2(C)CCC2)cc1. The van der Waals surface area contributed by atoms with Crippen molar-refractivity contribution in [2.24, 2.45) is 0 Å². The van der Waals surface area contributed by atoms with Gasteiger partial charge in [-0.2, -0.15) is 0 Å². The molecule has 1 aliphatic heterocycles. The number of benzene rings is 1. The third kappa shape index (κ3) is 2.97. The molecule has 1 saturated heterocycles. The van der Waals surface area contributed by atoms with Crippen LogP contribution in [0.2, 0.25) is 36.8 Å². The maximum absolute atomic E-state index is 6.34. The first-order valence-electron chi connectivity index (χ1n) is 7.44. The van der Waals surface area contributed by atoms with Gasteiger partial charge in [0.2, 0.25) is 8.32 Å². The molecular weight excluding hydrogens is 264 g/mol. The quantitative estimate of drug-likeness (QED) is 0.730. The molecule has 0 aliphatic carbocycles. The van der Waals surface area contributed by atoms with E-state index in [1.54, 1.807) is 5.19 Å². The molecule has 0 bridgehead atoms. The van der Waals surface area contributed by atoms with Gasteiger partial charge in [-0.05, 0) is 30.3 Å². The molecule has 1 aromatic rings. The predicted octanol–water partition coefficient (Wildman–Crippen LogP) is 4.76. The summed E-state index contributed by atoms with van der Waals surface area (Å²) in [4.78, 5) is 0. The summed E-state index contributed by atoms with van der Waals surface area (Å²) in [5.74, 6) is 1.06. The molecule has 106 valence electrons. The monoisotopic (exact) mass is 292 g/mol. The summed E-state index contributed by atoms with van der Waals surface area (Å²) in [6, 6.07) is 12.0. The second-order valence-electron chi connectivity index (χ2n) is 7.80. The molecule has 3 heteroatoms. The predicted molar refractivity (Wildman–Crippen MR) is 89.8 cm³/mol. The molecule has 0 atom stereocenters. The third-order valence-corrected chi connectivity index (χ3v) is 14.2. The summed E-state index contributed by atoms with van der Waals surface area (Å²) >= 11 is 0. The Morgan fingerprint density at radius 3 is 1.95 bits per heavy atom. The fraction of sp³-hybridized carbons (Fsp3) is 0.625. The van der Waals surface area contributed by atoms with E-state index in [0.29, 0.717) is 0 Å². The zero-order valence-electron chi connectivity index (χ0n) is 13.3. The van der Waals surface area contributed by atoms with Crippen LogP contribution in [0.1, 0.15) is 27.2 Å². The van der Waals surface area contributed by atoms with Crippen molar-refractivity contribution in [1.82, 2.24) is 0 Å². The van der Waals surface area contributed by atoms with Crippen LogP contribution in [0.4, 0.5) is 0 Å². The van der Waals surface area contributed by atoms with Crippen LogP contribution in [0.5, 0.6) is 5.75 Å². The average Bonchev–Trinajstić information content (AvgIpc) is 2.25. The van der Waals surface area contributed by atoms with Crippen molar-refractivity contribution < 1.29 is 4.43 Å². The van der Waals surface area contributed by atoms with Gasteiger partial charge in [-0.1, -0.05) is 63.1 Å². The minimum atomic E-state index is -1.69. The molecule has 0 N–H and O–H groups in total. The van der Waals surface area contributed by atoms with Gasteiger partial charge in [0.1, 0.15) is 5.75 Å². The molecule has 0 amide bonds. The molecule has 0 saturated carbocycles. The van der Waals surface area contributed by atoms with E-state index in [0.717, 1.165) is 5.75 Å². The highest BCUT2D eigenvalue weighted by Crippen LogP contribution is 2.37. The van der Waals surface area contributed by atoms with Crippen molar-refractivity contribution in [1.29, 1.82) is 0 Å². The van der Waals surface area contributed by atoms with Crippen LogP contribution in [-0.2, 0) is 0 Å². The lowest BCUT2D eigenvalue weighted by atomic mass is 10.2. The van der Waals surface area contributed by atoms with E-state index >= 15 is 0 Å². The molecule has 1 nitrogen and oxygen atoms in total. The highest BCUT2D eigenvalue weighted by molar-refractivity contribution is 6.92. The molecule has 2 rings (SSSR count). The lowest BCUT2D eigenvalue weighted by Crippen LogP contribution is -2.50. The standard InChI is InChI=1S/C16H28OSi2/c1-16(2,3)18(4,5)17-14-8-10-15(11-9-14)19(6)12-7-13-19/h8-11H,7,12-13H2,1-6H3. The van der Waals surface area contributed by atoms with E-state index < -0.39 is 16.4 Å². The average molecular weight is 293 g/mol. The summed E-state index contributed by atoms with van der Waals surface area (Å²) in [6.07, 6.45) is 1.44. The molecule has 1 heterocycles. The Bertz CT molecular complexity index is 439. The van der Waals surface area contributed by atoms with Crippen molar-refractivity contribution >= 4 is 21.6 Å². The van der Waals surface area contributed by atoms with E-state index in [9.17, 15) is 0 Å². The van der Waals surface area contributed by atoms with Gasteiger partial charge >= 0.3 is 0 Å². The molecule has 0 radical (unpaired) electrons. The van der Waals surface area contributed by atoms with Crippen LogP contribution < -0.4 is 9.61 Å². The second-order valence-corrected chi connectivity index (χ2v) is 17.2. The molecular formula is C16H28OSi2. The molecule has 1 aliphatic rings. The normalized spacial score (nSPS) is 18.8. The number of rotatable bonds is 3. The maximum atomic E-state index is 6.34. The van der Waals surface area contributed by atoms with Crippen LogP contribution in [0, 0.1) is 0 Å². The van der Waals surface area contributed by atoms with Gasteiger partial charge in [0.25, 0.3) is 0 Å². The minimum absolute atomic E-state index is 0.264. The van der Waals surface area contributed by atoms with E-state index in [1.165, 1.54) is 18.5 Å². The minimum Gasteiger partial charge on any atom is -0.544 e. The summed E-state index contributed by atoms with van der Waals surface area (Å²) in [5, 5.41) is 1.88. The fourth-order valence-corrected chi connectivity index (χ4v) is 6.36. The van der Waals surface area contributed by atoms with Crippen LogP contribution in [-0.4, -0.2) is 16.4 Å². The zero-order chi connectivity index (χ0) is 14.3. The van der Waals surface area contributed by atoms with E-state index in [2.05, 4.69) is 64.7 Å². The zero-order valence-corrected chi connectivity index (χ0v) is 15.3. The van der Waals surface area contributed by atoms with Gasteiger partial charge in [0, 0.05) is 0 Å². The lowest BCUT2D eigenvalue weighted by Gasteiger charge is -2.38. The number of hydrogen-bond donors (Lipinski definition) is 0. The Labute approximate surface area is 120 Å². The van der Waals surface area contributed by atoms with Crippen LogP contribution >= 0.6 is 0 Å². The summed E-state index contributed by atoms with van der Waals surface area (Å²) in [7, 11) is -2.73. The Balaban J connectivity index is 2.11. The van der Waals surface area contributed by atoms with Crippen molar-refractivity contribution in [2.75, 3.05) is 0 Å². The largest absolute Gasteiger partial charge is 0.544 e. The molecule has 19 heavy (non-hydrogen) atoms. The first-order valence-corrected chi connectivity index (χ1v) is 13.3. The maximum Gasteiger partial charge on any atom is 0.250 e. The van der Waals surface area contributed by atoms with Crippen LogP contribution in [0.25, 0.3) is 0 Å². The topological polar surface area (TPSA) is 9.23 Å². The molecule has 1 aromatic carbocycles. The molecule has 0 unspecified atom stereocenters. The smallest absolute Gasteiger partial charge is 0.250 e. The number of hydrogen-bond acceptors (Lipinski definition) is 1. The first-order chi connectivity index (χ1) is 8.64. The lowest BCUT2D eigenvalue weighted by molar-refractivity contribution is 0.492. The second kappa shape index (κ2) is 4.78. The van der Waals surface area contributed by atoms with E-state index in [1.807, 2.05) is 0 Å². The Morgan fingerprint density at radius 2 is 1.58 bits per heavy atom. The molecule has 1 fully saturated rings. The van der Waals surface area contributed by atoms with Gasteiger partial charge in [0.15, 0.2) is 0 Å². The van der Waals surface area contributed by atoms with Gasteiger partial charge in [-0.15, -0.1) is 0 Å². The summed E-state index contributed by atoms with van der Waals surface area (Å²) in [5.41, 5.74) is 0. The Kier molecular flexibility index (Phi) is 3.73. The van der Waals surface area contributed by atoms with Crippen molar-refractivity contribution in [3.63, 3.8) is 0 Å². The van der Waals surface area contributed by atoms with E-state index in [-0.39, 0.29) is 5.04 Å². The van der Waals surface area contributed by atoms with Crippen molar-refractivity contribution in [3.8, 4) is 5.75 Å². The summed E-state index contributed by atoms with van der Waals surface area (Å²) < 4.78 is 6.34. The van der Waals surface area contributed by atoms with Gasteiger partial charge < -0.3 is 4.43 Å². The highest BCUT2D eigenvalue weighted by atomic mass is 28.4. The highest BCUT2D eigenvalue weighted by Gasteiger charge is 2.39. The fourth-order valence-electron chi connectivity index (χ4n) is 2.37. The third-order valence-electron chi connectivity index (χ3n) is 5.19. The van der Waals surface area contributed by atoms with Crippen LogP contribution in [0.15, 0.2) is 24.3 Å². The molecule has 0 aromatic heterocycles. The van der Waals surface area contributed by atoms with Crippen LogP contribution in [0.3, 0.4) is 0 Å². The van der Waals surface area contributed by atoms with Gasteiger partial charge in [-0.25, -0.2) is 0 Å². The van der Waals surface area contributed by atoms with Crippen molar-refractivity contribution in [3.05, 3.63) is 24.3 Å². The summed E-state index contributed by atoms with van der Waals surface area (Å²) in [6.45, 7) is 14.0.